The smallest absolute Gasteiger partial charge is 0.417 e. The Morgan fingerprint density at radius 2 is 1.79 bits per heavy atom. The Morgan fingerprint density at radius 1 is 1.03 bits per heavy atom. The van der Waals surface area contributed by atoms with Gasteiger partial charge in [-0.05, 0) is 43.2 Å². The first-order chi connectivity index (χ1) is 15.6. The normalized spacial score (nSPS) is 16.5. The van der Waals surface area contributed by atoms with Crippen molar-refractivity contribution < 1.29 is 31.4 Å². The summed E-state index contributed by atoms with van der Waals surface area (Å²) in [7, 11) is 1.48. The second-order valence-corrected chi connectivity index (χ2v) is 8.00. The van der Waals surface area contributed by atoms with E-state index in [1.54, 1.807) is 24.4 Å². The van der Waals surface area contributed by atoms with Gasteiger partial charge >= 0.3 is 6.18 Å². The average molecular weight is 467 g/mol. The van der Waals surface area contributed by atoms with Gasteiger partial charge in [-0.25, -0.2) is 13.8 Å². The van der Waals surface area contributed by atoms with Crippen LogP contribution in [0.5, 0.6) is 11.5 Å². The van der Waals surface area contributed by atoms with Crippen LogP contribution in [0.4, 0.5) is 22.0 Å². The molecule has 1 fully saturated rings. The monoisotopic (exact) mass is 467 g/mol. The third kappa shape index (κ3) is 5.43. The van der Waals surface area contributed by atoms with Gasteiger partial charge in [0.15, 0.2) is 11.5 Å². The number of pyridine rings is 1. The Balaban J connectivity index is 1.43. The number of hydrogen-bond acceptors (Lipinski definition) is 4. The second kappa shape index (κ2) is 8.99. The lowest BCUT2D eigenvalue weighted by Gasteiger charge is -2.26. The highest BCUT2D eigenvalue weighted by atomic mass is 19.4. The molecule has 5 nitrogen and oxygen atoms in total. The fraction of sp³-hybridized carbons (Fsp3) is 0.391. The quantitative estimate of drug-likeness (QED) is 0.428. The molecule has 1 aliphatic rings. The summed E-state index contributed by atoms with van der Waals surface area (Å²) in [6.07, 6.45) is -1.53. The molecular formula is C23H22F5N3O2. The molecular weight excluding hydrogens is 445 g/mol. The molecule has 0 spiro atoms. The lowest BCUT2D eigenvalue weighted by Crippen LogP contribution is -2.24. The highest BCUT2D eigenvalue weighted by molar-refractivity contribution is 5.63. The number of benzene rings is 1. The number of imidazole rings is 1. The van der Waals surface area contributed by atoms with E-state index in [0.717, 1.165) is 23.5 Å². The Hall–Kier alpha value is -3.17. The first-order valence-electron chi connectivity index (χ1n) is 10.4. The Labute approximate surface area is 187 Å². The third-order valence-corrected chi connectivity index (χ3v) is 5.70. The minimum atomic E-state index is -4.44. The van der Waals surface area contributed by atoms with Crippen molar-refractivity contribution in [2.45, 2.75) is 50.3 Å². The summed E-state index contributed by atoms with van der Waals surface area (Å²) < 4.78 is 75.9. The molecule has 2 aromatic heterocycles. The zero-order chi connectivity index (χ0) is 23.6. The second-order valence-electron chi connectivity index (χ2n) is 8.00. The number of alkyl halides is 5. The summed E-state index contributed by atoms with van der Waals surface area (Å²) >= 11 is 0. The van der Waals surface area contributed by atoms with E-state index < -0.39 is 17.7 Å². The van der Waals surface area contributed by atoms with E-state index in [1.165, 1.54) is 13.2 Å². The molecule has 0 unspecified atom stereocenters. The van der Waals surface area contributed by atoms with Crippen LogP contribution < -0.4 is 9.47 Å². The minimum Gasteiger partial charge on any atom is -0.493 e. The number of aromatic amines is 1. The van der Waals surface area contributed by atoms with Crippen LogP contribution in [0.3, 0.4) is 0 Å². The lowest BCUT2D eigenvalue weighted by molar-refractivity contribution is -0.137. The van der Waals surface area contributed by atoms with E-state index in [0.29, 0.717) is 35.9 Å². The average Bonchev–Trinajstić information content (AvgIpc) is 3.27. The lowest BCUT2D eigenvalue weighted by atomic mass is 9.86. The maximum atomic E-state index is 13.4. The fourth-order valence-electron chi connectivity index (χ4n) is 3.79. The molecule has 1 aromatic carbocycles. The van der Waals surface area contributed by atoms with Crippen molar-refractivity contribution in [3.8, 4) is 22.8 Å². The third-order valence-electron chi connectivity index (χ3n) is 5.70. The van der Waals surface area contributed by atoms with Gasteiger partial charge in [0, 0.05) is 30.5 Å². The molecule has 0 amide bonds. The van der Waals surface area contributed by atoms with Crippen LogP contribution in [0.15, 0.2) is 42.7 Å². The van der Waals surface area contributed by atoms with Gasteiger partial charge in [0.1, 0.15) is 12.4 Å². The Bertz CT molecular complexity index is 1090. The molecule has 176 valence electrons. The molecule has 0 saturated heterocycles. The Kier molecular flexibility index (Phi) is 6.27. The maximum absolute atomic E-state index is 13.4. The SMILES string of the molecule is COc1cc(-c2cnc(C3CCC(F)(F)CC3)[nH]2)ccc1OCc1ccc(C(F)(F)F)cn1. The molecule has 3 aromatic rings. The Morgan fingerprint density at radius 3 is 2.42 bits per heavy atom. The number of nitrogens with zero attached hydrogens (tertiary/aromatic N) is 2. The molecule has 0 atom stereocenters. The molecule has 0 radical (unpaired) electrons. The molecule has 0 aliphatic heterocycles. The zero-order valence-corrected chi connectivity index (χ0v) is 17.8. The van der Waals surface area contributed by atoms with Gasteiger partial charge < -0.3 is 14.5 Å². The molecule has 1 N–H and O–H groups in total. The summed E-state index contributed by atoms with van der Waals surface area (Å²) in [5.41, 5.74) is 1.00. The number of nitrogens with one attached hydrogen (secondary N) is 1. The fourth-order valence-corrected chi connectivity index (χ4v) is 3.79. The van der Waals surface area contributed by atoms with Gasteiger partial charge in [-0.15, -0.1) is 0 Å². The van der Waals surface area contributed by atoms with Crippen molar-refractivity contribution in [3.63, 3.8) is 0 Å². The number of hydrogen-bond donors (Lipinski definition) is 1. The van der Waals surface area contributed by atoms with Crippen LogP contribution in [0, 0.1) is 0 Å². The van der Waals surface area contributed by atoms with Crippen LogP contribution in [0.1, 0.15) is 48.7 Å². The van der Waals surface area contributed by atoms with Crippen molar-refractivity contribution in [3.05, 3.63) is 59.8 Å². The van der Waals surface area contributed by atoms with Gasteiger partial charge in [-0.2, -0.15) is 13.2 Å². The van der Waals surface area contributed by atoms with Gasteiger partial charge in [0.25, 0.3) is 0 Å². The van der Waals surface area contributed by atoms with E-state index in [4.69, 9.17) is 9.47 Å². The number of rotatable bonds is 6. The summed E-state index contributed by atoms with van der Waals surface area (Å²) in [6, 6.07) is 7.42. The molecule has 33 heavy (non-hydrogen) atoms. The van der Waals surface area contributed by atoms with E-state index >= 15 is 0 Å². The van der Waals surface area contributed by atoms with E-state index in [2.05, 4.69) is 15.0 Å². The topological polar surface area (TPSA) is 60.0 Å². The van der Waals surface area contributed by atoms with Crippen molar-refractivity contribution in [2.24, 2.45) is 0 Å². The van der Waals surface area contributed by atoms with Crippen molar-refractivity contribution in [1.82, 2.24) is 15.0 Å². The van der Waals surface area contributed by atoms with Gasteiger partial charge in [-0.1, -0.05) is 0 Å². The predicted octanol–water partition coefficient (Wildman–Crippen LogP) is 6.37. The summed E-state index contributed by atoms with van der Waals surface area (Å²) in [5, 5.41) is 0. The van der Waals surface area contributed by atoms with E-state index in [-0.39, 0.29) is 25.4 Å². The summed E-state index contributed by atoms with van der Waals surface area (Å²) in [6.45, 7) is -0.0334. The molecule has 2 heterocycles. The number of methoxy groups -OCH3 is 1. The maximum Gasteiger partial charge on any atom is 0.417 e. The highest BCUT2D eigenvalue weighted by Crippen LogP contribution is 2.40. The molecule has 0 bridgehead atoms. The molecule has 1 aliphatic carbocycles. The zero-order valence-electron chi connectivity index (χ0n) is 17.8. The van der Waals surface area contributed by atoms with Gasteiger partial charge in [-0.3, -0.25) is 4.98 Å². The van der Waals surface area contributed by atoms with Crippen molar-refractivity contribution in [1.29, 1.82) is 0 Å². The van der Waals surface area contributed by atoms with Crippen LogP contribution >= 0.6 is 0 Å². The molecule has 10 heteroatoms. The number of H-pyrrole nitrogens is 1. The van der Waals surface area contributed by atoms with E-state index in [9.17, 15) is 22.0 Å². The number of aromatic nitrogens is 3. The first kappa shape index (κ1) is 23.0. The largest absolute Gasteiger partial charge is 0.493 e. The van der Waals surface area contributed by atoms with Crippen molar-refractivity contribution in [2.75, 3.05) is 7.11 Å². The van der Waals surface area contributed by atoms with Crippen LogP contribution in [0.25, 0.3) is 11.3 Å². The van der Waals surface area contributed by atoms with Gasteiger partial charge in [0.05, 0.1) is 30.3 Å². The van der Waals surface area contributed by atoms with Crippen LogP contribution in [0.2, 0.25) is 0 Å². The number of halogens is 5. The summed E-state index contributed by atoms with van der Waals surface area (Å²) in [5.74, 6) is -1.11. The first-order valence-corrected chi connectivity index (χ1v) is 10.4. The minimum absolute atomic E-state index is 0.0286. The predicted molar refractivity (Wildman–Crippen MR) is 110 cm³/mol. The molecule has 1 saturated carbocycles. The highest BCUT2D eigenvalue weighted by Gasteiger charge is 2.36. The van der Waals surface area contributed by atoms with E-state index in [1.807, 2.05) is 0 Å². The number of ether oxygens (including phenoxy) is 2. The van der Waals surface area contributed by atoms with Crippen LogP contribution in [-0.2, 0) is 12.8 Å². The standard InChI is InChI=1S/C23H22F5N3O2/c1-32-20-10-15(18-12-30-21(31-18)14-6-8-22(24,25)9-7-14)2-5-19(20)33-13-17-4-3-16(11-29-17)23(26,27)28/h2-5,10-12,14H,6-9,13H2,1H3,(H,30,31). The van der Waals surface area contributed by atoms with Crippen LogP contribution in [-0.4, -0.2) is 28.0 Å². The summed E-state index contributed by atoms with van der Waals surface area (Å²) in [4.78, 5) is 11.4. The molecule has 4 rings (SSSR count). The van der Waals surface area contributed by atoms with Crippen molar-refractivity contribution >= 4 is 0 Å². The van der Waals surface area contributed by atoms with Gasteiger partial charge in [0.2, 0.25) is 5.92 Å².